The highest BCUT2D eigenvalue weighted by Gasteiger charge is 2.41. The Morgan fingerprint density at radius 3 is 2.50 bits per heavy atom. The lowest BCUT2D eigenvalue weighted by molar-refractivity contribution is -0.137. The zero-order valence-electron chi connectivity index (χ0n) is 21.6. The zero-order chi connectivity index (χ0) is 25.2. The Morgan fingerprint density at radius 1 is 1.03 bits per heavy atom. The van der Waals surface area contributed by atoms with Crippen LogP contribution in [0.15, 0.2) is 48.5 Å². The van der Waals surface area contributed by atoms with Crippen molar-refractivity contribution in [3.63, 3.8) is 0 Å². The van der Waals surface area contributed by atoms with Crippen molar-refractivity contribution in [2.75, 3.05) is 31.6 Å². The summed E-state index contributed by atoms with van der Waals surface area (Å²) in [5, 5.41) is 9.00. The third-order valence-corrected chi connectivity index (χ3v) is 8.63. The molecule has 2 heterocycles. The molecule has 2 aliphatic heterocycles. The third-order valence-electron chi connectivity index (χ3n) is 8.63. The first-order valence-electron chi connectivity index (χ1n) is 13.6. The van der Waals surface area contributed by atoms with E-state index in [0.717, 1.165) is 57.3 Å². The van der Waals surface area contributed by atoms with E-state index in [2.05, 4.69) is 72.3 Å². The van der Waals surface area contributed by atoms with Gasteiger partial charge in [0.2, 0.25) is 0 Å². The maximum Gasteiger partial charge on any atom is 0.325 e. The molecule has 36 heavy (non-hydrogen) atoms. The molecule has 0 aromatic heterocycles. The predicted octanol–water partition coefficient (Wildman–Crippen LogP) is 5.36. The number of nitrogens with zero attached hydrogens (tertiary/aromatic N) is 3. The third kappa shape index (κ3) is 5.15. The average Bonchev–Trinajstić information content (AvgIpc) is 3.08. The number of urea groups is 1. The molecule has 3 aliphatic rings. The van der Waals surface area contributed by atoms with Gasteiger partial charge in [-0.15, -0.1) is 0 Å². The second-order valence-electron chi connectivity index (χ2n) is 11.1. The minimum atomic E-state index is -0.710. The molecule has 1 saturated carbocycles. The van der Waals surface area contributed by atoms with Crippen LogP contribution in [-0.2, 0) is 11.2 Å². The highest BCUT2D eigenvalue weighted by molar-refractivity contribution is 5.95. The largest absolute Gasteiger partial charge is 0.481 e. The number of hydrogen-bond donors (Lipinski definition) is 1. The fourth-order valence-electron chi connectivity index (χ4n) is 6.61. The van der Waals surface area contributed by atoms with Gasteiger partial charge in [0.1, 0.15) is 0 Å². The SMILES string of the molecule is CC1CN(c2ccc3c(c2)C(c2ccccc2)CN(C)CC3)C(=O)N1C1CCC(CCC(=O)O)CC1. The maximum absolute atomic E-state index is 13.7. The normalized spacial score (nSPS) is 27.1. The van der Waals surface area contributed by atoms with Crippen molar-refractivity contribution in [3.8, 4) is 0 Å². The lowest BCUT2D eigenvalue weighted by Gasteiger charge is -2.36. The van der Waals surface area contributed by atoms with Crippen molar-refractivity contribution < 1.29 is 14.7 Å². The molecule has 2 unspecified atom stereocenters. The van der Waals surface area contributed by atoms with Gasteiger partial charge in [-0.2, -0.15) is 0 Å². The second kappa shape index (κ2) is 10.6. The highest BCUT2D eigenvalue weighted by atomic mass is 16.4. The van der Waals surface area contributed by atoms with Crippen molar-refractivity contribution in [1.82, 2.24) is 9.80 Å². The Balaban J connectivity index is 1.34. The molecule has 6 heteroatoms. The van der Waals surface area contributed by atoms with Gasteiger partial charge in [0.15, 0.2) is 0 Å². The topological polar surface area (TPSA) is 64.1 Å². The molecule has 2 aromatic carbocycles. The van der Waals surface area contributed by atoms with E-state index < -0.39 is 5.97 Å². The van der Waals surface area contributed by atoms with E-state index in [1.54, 1.807) is 0 Å². The summed E-state index contributed by atoms with van der Waals surface area (Å²) < 4.78 is 0. The van der Waals surface area contributed by atoms with E-state index in [9.17, 15) is 9.59 Å². The lowest BCUT2D eigenvalue weighted by atomic mass is 9.82. The quantitative estimate of drug-likeness (QED) is 0.593. The van der Waals surface area contributed by atoms with Crippen LogP contribution in [0.25, 0.3) is 0 Å². The number of carboxylic acids is 1. The molecule has 2 amide bonds. The Bertz CT molecular complexity index is 1080. The van der Waals surface area contributed by atoms with Crippen molar-refractivity contribution in [2.24, 2.45) is 5.92 Å². The molecule has 0 bridgehead atoms. The summed E-state index contributed by atoms with van der Waals surface area (Å²) in [6.07, 6.45) is 6.00. The van der Waals surface area contributed by atoms with E-state index in [1.165, 1.54) is 16.7 Å². The predicted molar refractivity (Wildman–Crippen MR) is 143 cm³/mol. The van der Waals surface area contributed by atoms with Gasteiger partial charge >= 0.3 is 12.0 Å². The Morgan fingerprint density at radius 2 is 1.78 bits per heavy atom. The molecule has 192 valence electrons. The standard InChI is InChI=1S/C30H39N3O3/c1-21-19-32(30(36)33(21)25-12-8-22(9-13-25)10-15-29(34)35)26-14-11-24-16-17-31(2)20-28(27(24)18-26)23-6-4-3-5-7-23/h3-7,11,14,18,21-22,25,28H,8-10,12-13,15-17,19-20H2,1-2H3,(H,34,35). The van der Waals surface area contributed by atoms with Gasteiger partial charge in [0.05, 0.1) is 0 Å². The maximum atomic E-state index is 13.7. The van der Waals surface area contributed by atoms with Gasteiger partial charge in [-0.1, -0.05) is 36.4 Å². The number of rotatable bonds is 6. The second-order valence-corrected chi connectivity index (χ2v) is 11.1. The summed E-state index contributed by atoms with van der Waals surface area (Å²) >= 11 is 0. The van der Waals surface area contributed by atoms with Crippen LogP contribution in [-0.4, -0.2) is 65.7 Å². The van der Waals surface area contributed by atoms with E-state index in [-0.39, 0.29) is 24.5 Å². The summed E-state index contributed by atoms with van der Waals surface area (Å²) in [6.45, 7) is 4.90. The molecule has 1 saturated heterocycles. The van der Waals surface area contributed by atoms with Gasteiger partial charge < -0.3 is 14.9 Å². The molecule has 1 aliphatic carbocycles. The van der Waals surface area contributed by atoms with Gasteiger partial charge in [-0.3, -0.25) is 9.69 Å². The molecule has 2 fully saturated rings. The Hall–Kier alpha value is -2.86. The van der Waals surface area contributed by atoms with E-state index in [0.29, 0.717) is 18.4 Å². The molecule has 2 atom stereocenters. The Labute approximate surface area is 214 Å². The van der Waals surface area contributed by atoms with Crippen LogP contribution in [0.2, 0.25) is 0 Å². The molecular formula is C30H39N3O3. The molecule has 1 N–H and O–H groups in total. The fraction of sp³-hybridized carbons (Fsp3) is 0.533. The number of hydrogen-bond acceptors (Lipinski definition) is 3. The van der Waals surface area contributed by atoms with Gasteiger partial charge in [0, 0.05) is 49.7 Å². The van der Waals surface area contributed by atoms with Crippen LogP contribution in [0.3, 0.4) is 0 Å². The van der Waals surface area contributed by atoms with E-state index in [1.807, 2.05) is 4.90 Å². The molecule has 5 rings (SSSR count). The number of likely N-dealkylation sites (N-methyl/N-ethyl adjacent to an activating group) is 1. The Kier molecular flexibility index (Phi) is 7.33. The van der Waals surface area contributed by atoms with Crippen molar-refractivity contribution >= 4 is 17.7 Å². The molecule has 0 radical (unpaired) electrons. The van der Waals surface area contributed by atoms with Gasteiger partial charge in [-0.25, -0.2) is 4.79 Å². The minimum absolute atomic E-state index is 0.124. The first kappa shape index (κ1) is 24.8. The summed E-state index contributed by atoms with van der Waals surface area (Å²) in [5.74, 6) is 0.0538. The van der Waals surface area contributed by atoms with Crippen LogP contribution >= 0.6 is 0 Å². The summed E-state index contributed by atoms with van der Waals surface area (Å²) in [5.41, 5.74) is 5.06. The van der Waals surface area contributed by atoms with Crippen molar-refractivity contribution in [1.29, 1.82) is 0 Å². The first-order chi connectivity index (χ1) is 17.4. The molecule has 2 aromatic rings. The van der Waals surface area contributed by atoms with Crippen LogP contribution in [0.4, 0.5) is 10.5 Å². The van der Waals surface area contributed by atoms with Crippen molar-refractivity contribution in [2.45, 2.75) is 69.9 Å². The number of carboxylic acid groups (broad SMARTS) is 1. The van der Waals surface area contributed by atoms with E-state index >= 15 is 0 Å². The van der Waals surface area contributed by atoms with Crippen LogP contribution in [0.1, 0.15) is 68.1 Å². The number of benzene rings is 2. The number of aliphatic carboxylic acids is 1. The summed E-state index contributed by atoms with van der Waals surface area (Å²) in [4.78, 5) is 31.2. The van der Waals surface area contributed by atoms with Gasteiger partial charge in [0.25, 0.3) is 0 Å². The van der Waals surface area contributed by atoms with Crippen LogP contribution < -0.4 is 4.90 Å². The van der Waals surface area contributed by atoms with Crippen molar-refractivity contribution in [3.05, 3.63) is 65.2 Å². The van der Waals surface area contributed by atoms with E-state index in [4.69, 9.17) is 5.11 Å². The monoisotopic (exact) mass is 489 g/mol. The zero-order valence-corrected chi connectivity index (χ0v) is 21.6. The highest BCUT2D eigenvalue weighted by Crippen LogP contribution is 2.37. The molecule has 0 spiro atoms. The number of amides is 2. The van der Waals surface area contributed by atoms with Crippen LogP contribution in [0, 0.1) is 5.92 Å². The smallest absolute Gasteiger partial charge is 0.325 e. The average molecular weight is 490 g/mol. The number of fused-ring (bicyclic) bond motifs is 1. The minimum Gasteiger partial charge on any atom is -0.481 e. The summed E-state index contributed by atoms with van der Waals surface area (Å²) in [7, 11) is 2.20. The summed E-state index contributed by atoms with van der Waals surface area (Å²) in [6, 6.07) is 18.0. The number of carbonyl (C=O) groups is 2. The number of anilines is 1. The first-order valence-corrected chi connectivity index (χ1v) is 13.6. The molecular weight excluding hydrogens is 450 g/mol. The fourth-order valence-corrected chi connectivity index (χ4v) is 6.61. The lowest BCUT2D eigenvalue weighted by Crippen LogP contribution is -2.44. The number of carbonyl (C=O) groups excluding carboxylic acids is 1. The van der Waals surface area contributed by atoms with Crippen LogP contribution in [0.5, 0.6) is 0 Å². The van der Waals surface area contributed by atoms with Gasteiger partial charge in [-0.05, 0) is 87.2 Å². The molecule has 6 nitrogen and oxygen atoms in total.